The molecule has 0 spiro atoms. The third-order valence-electron chi connectivity index (χ3n) is 4.63. The Morgan fingerprint density at radius 2 is 2.05 bits per heavy atom. The van der Waals surface area contributed by atoms with E-state index in [1.54, 1.807) is 0 Å². The number of hydrogen-bond acceptors (Lipinski definition) is 3. The number of nitrogens with one attached hydrogen (secondary N) is 1. The second-order valence-corrected chi connectivity index (χ2v) is 6.76. The van der Waals surface area contributed by atoms with Crippen molar-refractivity contribution in [2.24, 2.45) is 11.8 Å². The molecule has 2 rings (SSSR count). The number of rotatable bonds is 7. The van der Waals surface area contributed by atoms with Gasteiger partial charge in [0.15, 0.2) is 0 Å². The summed E-state index contributed by atoms with van der Waals surface area (Å²) >= 11 is 0. The molecule has 0 bridgehead atoms. The zero-order valence-corrected chi connectivity index (χ0v) is 14.0. The van der Waals surface area contributed by atoms with Gasteiger partial charge in [-0.3, -0.25) is 4.90 Å². The van der Waals surface area contributed by atoms with Crippen LogP contribution in [0.25, 0.3) is 0 Å². The van der Waals surface area contributed by atoms with Crippen LogP contribution in [0.3, 0.4) is 0 Å². The number of likely N-dealkylation sites (tertiary alicyclic amines) is 1. The first kappa shape index (κ1) is 16.6. The molecular weight excluding hydrogens is 260 g/mol. The van der Waals surface area contributed by atoms with Crippen molar-refractivity contribution in [3.05, 3.63) is 23.7 Å². The number of furan rings is 1. The Labute approximate surface area is 130 Å². The van der Waals surface area contributed by atoms with Crippen LogP contribution in [-0.4, -0.2) is 24.5 Å². The minimum Gasteiger partial charge on any atom is -0.463 e. The molecular formula is C18H32N2O. The summed E-state index contributed by atoms with van der Waals surface area (Å²) in [6.45, 7) is 12.2. The van der Waals surface area contributed by atoms with Crippen LogP contribution >= 0.6 is 0 Å². The Hall–Kier alpha value is -0.800. The summed E-state index contributed by atoms with van der Waals surface area (Å²) in [6, 6.07) is 4.26. The lowest BCUT2D eigenvalue weighted by molar-refractivity contribution is 0.242. The van der Waals surface area contributed by atoms with Gasteiger partial charge in [0.2, 0.25) is 0 Å². The maximum absolute atomic E-state index is 5.94. The highest BCUT2D eigenvalue weighted by Crippen LogP contribution is 2.25. The molecule has 2 heterocycles. The van der Waals surface area contributed by atoms with E-state index in [4.69, 9.17) is 4.42 Å². The topological polar surface area (TPSA) is 28.4 Å². The molecule has 1 saturated heterocycles. The smallest absolute Gasteiger partial charge is 0.118 e. The van der Waals surface area contributed by atoms with Crippen molar-refractivity contribution in [1.82, 2.24) is 10.2 Å². The second kappa shape index (κ2) is 8.60. The van der Waals surface area contributed by atoms with Crippen molar-refractivity contribution in [3.63, 3.8) is 0 Å². The van der Waals surface area contributed by atoms with Crippen LogP contribution in [0.15, 0.2) is 16.5 Å². The van der Waals surface area contributed by atoms with E-state index in [0.717, 1.165) is 43.0 Å². The summed E-state index contributed by atoms with van der Waals surface area (Å²) in [6.07, 6.45) is 5.22. The first-order valence-corrected chi connectivity index (χ1v) is 8.69. The standard InChI is InChI=1S/C18H32N2O/c1-4-10-19-13-17-7-8-18(21-17)14-20-11-5-6-16(9-12-20)15(2)3/h7-8,15-16,19H,4-6,9-14H2,1-3H3. The molecule has 1 aliphatic rings. The van der Waals surface area contributed by atoms with Gasteiger partial charge in [-0.1, -0.05) is 20.8 Å². The van der Waals surface area contributed by atoms with Crippen LogP contribution in [-0.2, 0) is 13.1 Å². The summed E-state index contributed by atoms with van der Waals surface area (Å²) in [4.78, 5) is 2.56. The SMILES string of the molecule is CCCNCc1ccc(CN2CCCC(C(C)C)CC2)o1. The van der Waals surface area contributed by atoms with Crippen LogP contribution in [0, 0.1) is 11.8 Å². The molecule has 1 aromatic rings. The lowest BCUT2D eigenvalue weighted by Gasteiger charge is -2.20. The Kier molecular flexibility index (Phi) is 6.78. The molecule has 0 aromatic carbocycles. The first-order chi connectivity index (χ1) is 10.2. The minimum absolute atomic E-state index is 0.824. The predicted molar refractivity (Wildman–Crippen MR) is 88.2 cm³/mol. The van der Waals surface area contributed by atoms with Crippen LogP contribution in [0.1, 0.15) is 58.0 Å². The maximum atomic E-state index is 5.94. The van der Waals surface area contributed by atoms with Gasteiger partial charge >= 0.3 is 0 Å². The summed E-state index contributed by atoms with van der Waals surface area (Å²) in [7, 11) is 0. The van der Waals surface area contributed by atoms with Gasteiger partial charge in [-0.15, -0.1) is 0 Å². The van der Waals surface area contributed by atoms with Crippen molar-refractivity contribution < 1.29 is 4.42 Å². The molecule has 0 saturated carbocycles. The van der Waals surface area contributed by atoms with Gasteiger partial charge in [-0.2, -0.15) is 0 Å². The lowest BCUT2D eigenvalue weighted by atomic mass is 9.89. The Balaban J connectivity index is 1.79. The van der Waals surface area contributed by atoms with E-state index in [1.165, 1.54) is 38.8 Å². The van der Waals surface area contributed by atoms with E-state index < -0.39 is 0 Å². The van der Waals surface area contributed by atoms with Gasteiger partial charge in [-0.25, -0.2) is 0 Å². The molecule has 3 nitrogen and oxygen atoms in total. The van der Waals surface area contributed by atoms with Crippen LogP contribution < -0.4 is 5.32 Å². The molecule has 1 N–H and O–H groups in total. The Morgan fingerprint density at radius 3 is 2.81 bits per heavy atom. The molecule has 21 heavy (non-hydrogen) atoms. The lowest BCUT2D eigenvalue weighted by Crippen LogP contribution is -2.24. The monoisotopic (exact) mass is 292 g/mol. The first-order valence-electron chi connectivity index (χ1n) is 8.69. The summed E-state index contributed by atoms with van der Waals surface area (Å²) in [5, 5.41) is 3.39. The number of hydrogen-bond donors (Lipinski definition) is 1. The van der Waals surface area contributed by atoms with Crippen LogP contribution in [0.5, 0.6) is 0 Å². The highest BCUT2D eigenvalue weighted by molar-refractivity contribution is 5.07. The molecule has 1 aliphatic heterocycles. The predicted octanol–water partition coefficient (Wildman–Crippen LogP) is 4.04. The van der Waals surface area contributed by atoms with E-state index in [-0.39, 0.29) is 0 Å². The van der Waals surface area contributed by atoms with Crippen molar-refractivity contribution in [2.45, 2.75) is 59.5 Å². The van der Waals surface area contributed by atoms with E-state index in [2.05, 4.69) is 43.1 Å². The van der Waals surface area contributed by atoms with Gasteiger partial charge in [0, 0.05) is 0 Å². The van der Waals surface area contributed by atoms with E-state index in [1.807, 2.05) is 0 Å². The summed E-state index contributed by atoms with van der Waals surface area (Å²) in [5.41, 5.74) is 0. The summed E-state index contributed by atoms with van der Waals surface area (Å²) in [5.74, 6) is 3.91. The van der Waals surface area contributed by atoms with Crippen LogP contribution in [0.2, 0.25) is 0 Å². The highest BCUT2D eigenvalue weighted by Gasteiger charge is 2.20. The minimum atomic E-state index is 0.824. The van der Waals surface area contributed by atoms with Gasteiger partial charge in [0.1, 0.15) is 11.5 Å². The fraction of sp³-hybridized carbons (Fsp3) is 0.778. The normalized spacial score (nSPS) is 20.9. The largest absolute Gasteiger partial charge is 0.463 e. The van der Waals surface area contributed by atoms with E-state index >= 15 is 0 Å². The molecule has 0 amide bonds. The van der Waals surface area contributed by atoms with Gasteiger partial charge < -0.3 is 9.73 Å². The maximum Gasteiger partial charge on any atom is 0.118 e. The zero-order chi connectivity index (χ0) is 15.1. The van der Waals surface area contributed by atoms with Crippen molar-refractivity contribution in [1.29, 1.82) is 0 Å². The van der Waals surface area contributed by atoms with Crippen molar-refractivity contribution >= 4 is 0 Å². The molecule has 3 heteroatoms. The Bertz CT molecular complexity index is 400. The van der Waals surface area contributed by atoms with Crippen molar-refractivity contribution in [2.75, 3.05) is 19.6 Å². The number of nitrogens with zero attached hydrogens (tertiary/aromatic N) is 1. The zero-order valence-electron chi connectivity index (χ0n) is 14.0. The van der Waals surface area contributed by atoms with Gasteiger partial charge in [-0.05, 0) is 69.3 Å². The average Bonchev–Trinajstić information content (AvgIpc) is 2.76. The molecule has 1 fully saturated rings. The second-order valence-electron chi connectivity index (χ2n) is 6.76. The Morgan fingerprint density at radius 1 is 1.24 bits per heavy atom. The van der Waals surface area contributed by atoms with Crippen LogP contribution in [0.4, 0.5) is 0 Å². The van der Waals surface area contributed by atoms with Crippen molar-refractivity contribution in [3.8, 4) is 0 Å². The van der Waals surface area contributed by atoms with Gasteiger partial charge in [0.05, 0.1) is 13.1 Å². The molecule has 120 valence electrons. The molecule has 1 aromatic heterocycles. The van der Waals surface area contributed by atoms with E-state index in [9.17, 15) is 0 Å². The molecule has 0 radical (unpaired) electrons. The highest BCUT2D eigenvalue weighted by atomic mass is 16.3. The average molecular weight is 292 g/mol. The van der Waals surface area contributed by atoms with E-state index in [0.29, 0.717) is 0 Å². The fourth-order valence-corrected chi connectivity index (χ4v) is 3.22. The third kappa shape index (κ3) is 5.48. The van der Waals surface area contributed by atoms with Gasteiger partial charge in [0.25, 0.3) is 0 Å². The third-order valence-corrected chi connectivity index (χ3v) is 4.63. The molecule has 1 atom stereocenters. The fourth-order valence-electron chi connectivity index (χ4n) is 3.22. The quantitative estimate of drug-likeness (QED) is 0.769. The molecule has 0 aliphatic carbocycles. The molecule has 1 unspecified atom stereocenters. The summed E-state index contributed by atoms with van der Waals surface area (Å²) < 4.78 is 5.94.